The van der Waals surface area contributed by atoms with Crippen LogP contribution in [0.15, 0.2) is 0 Å². The number of aliphatic hydroxyl groups is 1. The first-order valence-electron chi connectivity index (χ1n) is 7.60. The van der Waals surface area contributed by atoms with Crippen LogP contribution in [0.25, 0.3) is 0 Å². The van der Waals surface area contributed by atoms with E-state index in [-0.39, 0.29) is 18.1 Å². The minimum absolute atomic E-state index is 0.0430. The lowest BCUT2D eigenvalue weighted by molar-refractivity contribution is -0.124. The minimum atomic E-state index is -0.374. The van der Waals surface area contributed by atoms with E-state index in [0.29, 0.717) is 12.6 Å². The maximum Gasteiger partial charge on any atom is 0.234 e. The molecule has 0 bridgehead atoms. The zero-order valence-corrected chi connectivity index (χ0v) is 11.7. The normalized spacial score (nSPS) is 30.8. The third-order valence-electron chi connectivity index (χ3n) is 4.33. The largest absolute Gasteiger partial charge is 0.391 e. The second-order valence-electron chi connectivity index (χ2n) is 5.99. The van der Waals surface area contributed by atoms with Gasteiger partial charge in [0, 0.05) is 19.1 Å². The molecule has 1 heterocycles. The third-order valence-corrected chi connectivity index (χ3v) is 4.33. The van der Waals surface area contributed by atoms with Gasteiger partial charge in [-0.3, -0.25) is 9.69 Å². The Bertz CT molecular complexity index is 290. The van der Waals surface area contributed by atoms with Gasteiger partial charge in [-0.05, 0) is 25.7 Å². The van der Waals surface area contributed by atoms with Crippen LogP contribution in [0.5, 0.6) is 0 Å². The SMILES string of the molecule is NC1CCN(CC(=O)NC2CCCCCC2O)CC1. The van der Waals surface area contributed by atoms with Crippen LogP contribution in [0.3, 0.4) is 0 Å². The number of nitrogens with two attached hydrogens (primary N) is 1. The predicted octanol–water partition coefficient (Wildman–Crippen LogP) is 0.219. The second-order valence-corrected chi connectivity index (χ2v) is 5.99. The molecule has 0 aromatic carbocycles. The van der Waals surface area contributed by atoms with E-state index in [1.54, 1.807) is 0 Å². The highest BCUT2D eigenvalue weighted by atomic mass is 16.3. The fraction of sp³-hybridized carbons (Fsp3) is 0.929. The summed E-state index contributed by atoms with van der Waals surface area (Å²) in [7, 11) is 0. The summed E-state index contributed by atoms with van der Waals surface area (Å²) >= 11 is 0. The van der Waals surface area contributed by atoms with E-state index < -0.39 is 0 Å². The molecule has 1 aliphatic carbocycles. The van der Waals surface area contributed by atoms with Gasteiger partial charge < -0.3 is 16.2 Å². The molecule has 110 valence electrons. The van der Waals surface area contributed by atoms with Crippen LogP contribution in [0.4, 0.5) is 0 Å². The quantitative estimate of drug-likeness (QED) is 0.640. The number of amides is 1. The molecule has 4 N–H and O–H groups in total. The molecule has 2 aliphatic rings. The predicted molar refractivity (Wildman–Crippen MR) is 74.7 cm³/mol. The van der Waals surface area contributed by atoms with Gasteiger partial charge in [0.15, 0.2) is 0 Å². The summed E-state index contributed by atoms with van der Waals surface area (Å²) < 4.78 is 0. The molecule has 5 nitrogen and oxygen atoms in total. The van der Waals surface area contributed by atoms with Crippen molar-refractivity contribution in [2.45, 2.75) is 63.1 Å². The van der Waals surface area contributed by atoms with E-state index in [2.05, 4.69) is 10.2 Å². The van der Waals surface area contributed by atoms with E-state index in [9.17, 15) is 9.90 Å². The molecule has 1 amide bonds. The van der Waals surface area contributed by atoms with Gasteiger partial charge >= 0.3 is 0 Å². The summed E-state index contributed by atoms with van der Waals surface area (Å²) in [5, 5.41) is 13.0. The van der Waals surface area contributed by atoms with Crippen molar-refractivity contribution in [1.29, 1.82) is 0 Å². The number of hydrogen-bond acceptors (Lipinski definition) is 4. The van der Waals surface area contributed by atoms with Crippen molar-refractivity contribution in [3.8, 4) is 0 Å². The summed E-state index contributed by atoms with van der Waals surface area (Å²) in [6, 6.07) is 0.241. The molecule has 1 aliphatic heterocycles. The van der Waals surface area contributed by atoms with E-state index in [4.69, 9.17) is 5.73 Å². The molecule has 2 fully saturated rings. The Morgan fingerprint density at radius 1 is 1.16 bits per heavy atom. The van der Waals surface area contributed by atoms with Crippen LogP contribution in [0.2, 0.25) is 0 Å². The molecule has 0 aromatic rings. The summed E-state index contributed by atoms with van der Waals surface area (Å²) in [4.78, 5) is 14.2. The zero-order valence-electron chi connectivity index (χ0n) is 11.7. The van der Waals surface area contributed by atoms with Gasteiger partial charge in [-0.25, -0.2) is 0 Å². The molecule has 0 radical (unpaired) electrons. The van der Waals surface area contributed by atoms with E-state index in [1.165, 1.54) is 0 Å². The zero-order chi connectivity index (χ0) is 13.7. The van der Waals surface area contributed by atoms with Crippen molar-refractivity contribution in [3.63, 3.8) is 0 Å². The molecule has 0 spiro atoms. The molecule has 2 atom stereocenters. The number of carbonyl (C=O) groups excluding carboxylic acids is 1. The van der Waals surface area contributed by atoms with Gasteiger partial charge in [-0.2, -0.15) is 0 Å². The molecule has 0 aromatic heterocycles. The molecular formula is C14H27N3O2. The van der Waals surface area contributed by atoms with Crippen LogP contribution in [0.1, 0.15) is 44.9 Å². The molecule has 2 rings (SSSR count). The number of likely N-dealkylation sites (tertiary alicyclic amines) is 1. The Morgan fingerprint density at radius 3 is 2.58 bits per heavy atom. The number of carbonyl (C=O) groups is 1. The summed E-state index contributed by atoms with van der Waals surface area (Å²) in [6.07, 6.45) is 6.60. The number of hydrogen-bond donors (Lipinski definition) is 3. The van der Waals surface area contributed by atoms with Crippen LogP contribution in [-0.2, 0) is 4.79 Å². The Balaban J connectivity index is 1.73. The highest BCUT2D eigenvalue weighted by molar-refractivity contribution is 5.78. The Hall–Kier alpha value is -0.650. The van der Waals surface area contributed by atoms with Gasteiger partial charge in [0.2, 0.25) is 5.91 Å². The van der Waals surface area contributed by atoms with E-state index >= 15 is 0 Å². The van der Waals surface area contributed by atoms with Gasteiger partial charge in [-0.15, -0.1) is 0 Å². The Labute approximate surface area is 115 Å². The van der Waals surface area contributed by atoms with Crippen LogP contribution < -0.4 is 11.1 Å². The first kappa shape index (κ1) is 14.8. The standard InChI is InChI=1S/C14H27N3O2/c15-11-6-8-17(9-7-11)10-14(19)16-12-4-2-1-3-5-13(12)18/h11-13,18H,1-10,15H2,(H,16,19). The lowest BCUT2D eigenvalue weighted by atomic mass is 10.1. The first-order chi connectivity index (χ1) is 9.15. The maximum absolute atomic E-state index is 12.0. The van der Waals surface area contributed by atoms with Crippen molar-refractivity contribution >= 4 is 5.91 Å². The molecule has 1 saturated carbocycles. The Kier molecular flexibility index (Phi) is 5.60. The number of nitrogens with zero attached hydrogens (tertiary/aromatic N) is 1. The molecule has 5 heteroatoms. The van der Waals surface area contributed by atoms with E-state index in [1.807, 2.05) is 0 Å². The number of rotatable bonds is 3. The van der Waals surface area contributed by atoms with Crippen molar-refractivity contribution in [1.82, 2.24) is 10.2 Å². The van der Waals surface area contributed by atoms with Crippen LogP contribution in [0, 0.1) is 0 Å². The van der Waals surface area contributed by atoms with Gasteiger partial charge in [-0.1, -0.05) is 19.3 Å². The van der Waals surface area contributed by atoms with Crippen molar-refractivity contribution < 1.29 is 9.90 Å². The van der Waals surface area contributed by atoms with Crippen molar-refractivity contribution in [2.24, 2.45) is 5.73 Å². The molecule has 1 saturated heterocycles. The van der Waals surface area contributed by atoms with Gasteiger partial charge in [0.05, 0.1) is 18.7 Å². The fourth-order valence-corrected chi connectivity index (χ4v) is 3.02. The van der Waals surface area contributed by atoms with Crippen molar-refractivity contribution in [3.05, 3.63) is 0 Å². The van der Waals surface area contributed by atoms with Crippen LogP contribution >= 0.6 is 0 Å². The monoisotopic (exact) mass is 269 g/mol. The summed E-state index contributed by atoms with van der Waals surface area (Å²) in [6.45, 7) is 2.25. The highest BCUT2D eigenvalue weighted by Gasteiger charge is 2.24. The van der Waals surface area contributed by atoms with Crippen molar-refractivity contribution in [2.75, 3.05) is 19.6 Å². The second kappa shape index (κ2) is 7.22. The molecule has 19 heavy (non-hydrogen) atoms. The Morgan fingerprint density at radius 2 is 1.84 bits per heavy atom. The van der Waals surface area contributed by atoms with E-state index in [0.717, 1.165) is 58.0 Å². The lowest BCUT2D eigenvalue weighted by Gasteiger charge is -2.30. The number of nitrogens with one attached hydrogen (secondary N) is 1. The molecular weight excluding hydrogens is 242 g/mol. The minimum Gasteiger partial charge on any atom is -0.391 e. The first-order valence-corrected chi connectivity index (χ1v) is 7.60. The number of piperidine rings is 1. The summed E-state index contributed by atoms with van der Waals surface area (Å²) in [5.41, 5.74) is 5.85. The number of aliphatic hydroxyl groups excluding tert-OH is 1. The average molecular weight is 269 g/mol. The topological polar surface area (TPSA) is 78.6 Å². The van der Waals surface area contributed by atoms with Gasteiger partial charge in [0.25, 0.3) is 0 Å². The third kappa shape index (κ3) is 4.75. The maximum atomic E-state index is 12.0. The fourth-order valence-electron chi connectivity index (χ4n) is 3.02. The molecule has 2 unspecified atom stereocenters. The van der Waals surface area contributed by atoms with Crippen LogP contribution in [-0.4, -0.2) is 53.7 Å². The highest BCUT2D eigenvalue weighted by Crippen LogP contribution is 2.18. The van der Waals surface area contributed by atoms with Gasteiger partial charge in [0.1, 0.15) is 0 Å². The lowest BCUT2D eigenvalue weighted by Crippen LogP contribution is -2.49. The summed E-state index contributed by atoms with van der Waals surface area (Å²) in [5.74, 6) is 0.0430. The average Bonchev–Trinajstić information content (AvgIpc) is 2.58. The smallest absolute Gasteiger partial charge is 0.234 e.